The van der Waals surface area contributed by atoms with Crippen LogP contribution >= 0.6 is 11.6 Å². The second kappa shape index (κ2) is 8.55. The highest BCUT2D eigenvalue weighted by molar-refractivity contribution is 6.33. The topological polar surface area (TPSA) is 91.3 Å². The molecular formula is C22H13ClFNO4. The molecule has 0 bridgehead atoms. The van der Waals surface area contributed by atoms with Crippen molar-refractivity contribution in [3.05, 3.63) is 87.9 Å². The van der Waals surface area contributed by atoms with E-state index in [1.54, 1.807) is 12.1 Å². The lowest BCUT2D eigenvalue weighted by Gasteiger charge is -2.03. The van der Waals surface area contributed by atoms with E-state index < -0.39 is 17.6 Å². The average Bonchev–Trinajstić information content (AvgIpc) is 3.16. The Labute approximate surface area is 170 Å². The number of hydrogen-bond acceptors (Lipinski definition) is 4. The van der Waals surface area contributed by atoms with Crippen molar-refractivity contribution in [1.29, 1.82) is 5.26 Å². The van der Waals surface area contributed by atoms with E-state index >= 15 is 0 Å². The molecule has 1 aromatic heterocycles. The number of furan rings is 1. The number of hydrogen-bond donors (Lipinski definition) is 1. The van der Waals surface area contributed by atoms with Gasteiger partial charge in [-0.15, -0.1) is 0 Å². The third-order valence-corrected chi connectivity index (χ3v) is 4.42. The summed E-state index contributed by atoms with van der Waals surface area (Å²) in [5.74, 6) is -1.42. The predicted molar refractivity (Wildman–Crippen MR) is 105 cm³/mol. The molecule has 0 saturated heterocycles. The first-order chi connectivity index (χ1) is 13.9. The van der Waals surface area contributed by atoms with Crippen molar-refractivity contribution in [2.75, 3.05) is 0 Å². The number of carboxylic acid groups (broad SMARTS) is 1. The first kappa shape index (κ1) is 20.1. The highest BCUT2D eigenvalue weighted by atomic mass is 35.5. The summed E-state index contributed by atoms with van der Waals surface area (Å²) in [6.45, 7) is 0. The van der Waals surface area contributed by atoms with Gasteiger partial charge in [0.05, 0.1) is 16.2 Å². The van der Waals surface area contributed by atoms with Crippen LogP contribution in [0.5, 0.6) is 0 Å². The zero-order valence-corrected chi connectivity index (χ0v) is 15.6. The summed E-state index contributed by atoms with van der Waals surface area (Å²) in [7, 11) is 0. The summed E-state index contributed by atoms with van der Waals surface area (Å²) in [4.78, 5) is 23.5. The first-order valence-electron chi connectivity index (χ1n) is 8.40. The highest BCUT2D eigenvalue weighted by Gasteiger charge is 2.14. The van der Waals surface area contributed by atoms with E-state index in [2.05, 4.69) is 0 Å². The number of carbonyl (C=O) groups excluding carboxylic acids is 1. The minimum atomic E-state index is -1.10. The van der Waals surface area contributed by atoms with E-state index in [0.29, 0.717) is 21.9 Å². The molecule has 1 N–H and O–H groups in total. The zero-order chi connectivity index (χ0) is 21.0. The highest BCUT2D eigenvalue weighted by Crippen LogP contribution is 2.31. The van der Waals surface area contributed by atoms with E-state index in [-0.39, 0.29) is 23.3 Å². The van der Waals surface area contributed by atoms with Crippen LogP contribution in [0.15, 0.2) is 64.6 Å². The van der Waals surface area contributed by atoms with Crippen LogP contribution in [0.3, 0.4) is 0 Å². The summed E-state index contributed by atoms with van der Waals surface area (Å²) in [6.07, 6.45) is 1.24. The van der Waals surface area contributed by atoms with Gasteiger partial charge in [0, 0.05) is 18.1 Å². The third-order valence-electron chi connectivity index (χ3n) is 4.09. The molecule has 0 aliphatic heterocycles. The van der Waals surface area contributed by atoms with Crippen molar-refractivity contribution in [2.24, 2.45) is 0 Å². The van der Waals surface area contributed by atoms with Crippen molar-refractivity contribution in [2.45, 2.75) is 6.42 Å². The fourth-order valence-corrected chi connectivity index (χ4v) is 2.83. The normalized spacial score (nSPS) is 11.1. The summed E-state index contributed by atoms with van der Waals surface area (Å²) in [5, 5.41) is 18.7. The molecule has 2 aromatic carbocycles. The number of rotatable bonds is 6. The number of aromatic carboxylic acids is 1. The minimum absolute atomic E-state index is 0.0464. The summed E-state index contributed by atoms with van der Waals surface area (Å²) < 4.78 is 18.6. The van der Waals surface area contributed by atoms with E-state index in [1.807, 2.05) is 6.07 Å². The number of Topliss-reactive ketones (excluding diaryl/α,β-unsaturated/α-hetero) is 1. The van der Waals surface area contributed by atoms with Crippen LogP contribution < -0.4 is 0 Å². The lowest BCUT2D eigenvalue weighted by molar-refractivity contribution is -0.114. The van der Waals surface area contributed by atoms with Crippen LogP contribution in [0.25, 0.3) is 17.4 Å². The summed E-state index contributed by atoms with van der Waals surface area (Å²) in [5.41, 5.74) is 0.878. The van der Waals surface area contributed by atoms with Crippen LogP contribution in [-0.2, 0) is 11.2 Å². The van der Waals surface area contributed by atoms with Crippen LogP contribution in [0.1, 0.15) is 21.7 Å². The molecular weight excluding hydrogens is 397 g/mol. The standard InChI is InChI=1S/C22H13ClFNO4/c23-19-7-3-14(22(27)28)11-18(19)21-8-6-17(29-21)10-15(12-25)20(26)9-13-1-4-16(24)5-2-13/h1-8,10-11H,9H2,(H,27,28)/b15-10-. The Balaban J connectivity index is 1.85. The monoisotopic (exact) mass is 409 g/mol. The Morgan fingerprint density at radius 1 is 1.14 bits per heavy atom. The van der Waals surface area contributed by atoms with Crippen LogP contribution in [0.2, 0.25) is 5.02 Å². The van der Waals surface area contributed by atoms with E-state index in [0.717, 1.165) is 0 Å². The van der Waals surface area contributed by atoms with Crippen molar-refractivity contribution in [3.63, 3.8) is 0 Å². The molecule has 3 aromatic rings. The van der Waals surface area contributed by atoms with Gasteiger partial charge >= 0.3 is 5.97 Å². The molecule has 1 heterocycles. The second-order valence-electron chi connectivity index (χ2n) is 6.10. The Bertz CT molecular complexity index is 1160. The number of ketones is 1. The van der Waals surface area contributed by atoms with Gasteiger partial charge in [0.1, 0.15) is 23.4 Å². The molecule has 5 nitrogen and oxygen atoms in total. The second-order valence-corrected chi connectivity index (χ2v) is 6.51. The van der Waals surface area contributed by atoms with Crippen LogP contribution in [0, 0.1) is 17.1 Å². The molecule has 0 aliphatic rings. The summed E-state index contributed by atoms with van der Waals surface area (Å²) in [6, 6.07) is 14.6. The molecule has 0 fully saturated rings. The van der Waals surface area contributed by atoms with Crippen molar-refractivity contribution in [3.8, 4) is 17.4 Å². The molecule has 0 spiro atoms. The molecule has 144 valence electrons. The average molecular weight is 410 g/mol. The Hall–Kier alpha value is -3.69. The van der Waals surface area contributed by atoms with E-state index in [9.17, 15) is 19.2 Å². The van der Waals surface area contributed by atoms with Crippen molar-refractivity contribution < 1.29 is 23.5 Å². The molecule has 0 aliphatic carbocycles. The van der Waals surface area contributed by atoms with Gasteiger partial charge in [0.25, 0.3) is 0 Å². The van der Waals surface area contributed by atoms with E-state index in [4.69, 9.17) is 21.1 Å². The van der Waals surface area contributed by atoms with Gasteiger partial charge in [-0.1, -0.05) is 23.7 Å². The van der Waals surface area contributed by atoms with Crippen LogP contribution in [0.4, 0.5) is 4.39 Å². The Morgan fingerprint density at radius 3 is 2.52 bits per heavy atom. The number of allylic oxidation sites excluding steroid dienone is 1. The van der Waals surface area contributed by atoms with E-state index in [1.165, 1.54) is 48.5 Å². The van der Waals surface area contributed by atoms with Gasteiger partial charge in [-0.2, -0.15) is 5.26 Å². The van der Waals surface area contributed by atoms with Gasteiger partial charge in [-0.05, 0) is 48.0 Å². The predicted octanol–water partition coefficient (Wildman–Crippen LogP) is 5.16. The Morgan fingerprint density at radius 2 is 1.86 bits per heavy atom. The Kier molecular flexibility index (Phi) is 5.91. The van der Waals surface area contributed by atoms with Gasteiger partial charge in [-0.25, -0.2) is 9.18 Å². The van der Waals surface area contributed by atoms with Gasteiger partial charge < -0.3 is 9.52 Å². The maximum absolute atomic E-state index is 13.0. The fourth-order valence-electron chi connectivity index (χ4n) is 2.62. The molecule has 0 unspecified atom stereocenters. The summed E-state index contributed by atoms with van der Waals surface area (Å²) >= 11 is 6.13. The maximum Gasteiger partial charge on any atom is 0.335 e. The largest absolute Gasteiger partial charge is 0.478 e. The van der Waals surface area contributed by atoms with Gasteiger partial charge in [0.15, 0.2) is 5.78 Å². The molecule has 0 radical (unpaired) electrons. The van der Waals surface area contributed by atoms with Gasteiger partial charge in [0.2, 0.25) is 0 Å². The van der Waals surface area contributed by atoms with Crippen molar-refractivity contribution >= 4 is 29.4 Å². The molecule has 0 amide bonds. The molecule has 29 heavy (non-hydrogen) atoms. The van der Waals surface area contributed by atoms with Crippen LogP contribution in [-0.4, -0.2) is 16.9 Å². The number of carbonyl (C=O) groups is 2. The zero-order valence-electron chi connectivity index (χ0n) is 14.9. The molecule has 0 saturated carbocycles. The van der Waals surface area contributed by atoms with Crippen molar-refractivity contribution in [1.82, 2.24) is 0 Å². The lowest BCUT2D eigenvalue weighted by atomic mass is 10.0. The SMILES string of the molecule is N#C/C(=C/c1ccc(-c2cc(C(=O)O)ccc2Cl)o1)C(=O)Cc1ccc(F)cc1. The minimum Gasteiger partial charge on any atom is -0.478 e. The number of carboxylic acids is 1. The number of halogens is 2. The molecule has 7 heteroatoms. The third kappa shape index (κ3) is 4.78. The number of benzene rings is 2. The fraction of sp³-hybridized carbons (Fsp3) is 0.0455. The first-order valence-corrected chi connectivity index (χ1v) is 8.77. The maximum atomic E-state index is 13.0. The molecule has 3 rings (SSSR count). The number of nitriles is 1. The lowest BCUT2D eigenvalue weighted by Crippen LogP contribution is -2.05. The quantitative estimate of drug-likeness (QED) is 0.448. The number of nitrogens with zero attached hydrogens (tertiary/aromatic N) is 1. The molecule has 0 atom stereocenters. The smallest absolute Gasteiger partial charge is 0.335 e. The van der Waals surface area contributed by atoms with Gasteiger partial charge in [-0.3, -0.25) is 4.79 Å².